The van der Waals surface area contributed by atoms with Crippen LogP contribution in [0.1, 0.15) is 18.5 Å². The van der Waals surface area contributed by atoms with Crippen LogP contribution in [0.3, 0.4) is 0 Å². The average Bonchev–Trinajstić information content (AvgIpc) is 3.07. The van der Waals surface area contributed by atoms with Gasteiger partial charge in [0, 0.05) is 6.92 Å². The topological polar surface area (TPSA) is 102 Å². The molecule has 2 atom stereocenters. The van der Waals surface area contributed by atoms with Crippen molar-refractivity contribution < 1.29 is 14.0 Å². The van der Waals surface area contributed by atoms with Crippen molar-refractivity contribution in [2.75, 3.05) is 0 Å². The molecule has 1 aromatic rings. The Bertz CT molecular complexity index is 615. The second-order valence-corrected chi connectivity index (χ2v) is 5.22. The Balaban J connectivity index is 2.30. The third kappa shape index (κ3) is 2.64. The molecule has 8 heteroatoms. The van der Waals surface area contributed by atoms with E-state index >= 15 is 0 Å². The van der Waals surface area contributed by atoms with Crippen molar-refractivity contribution in [3.05, 3.63) is 34.1 Å². The molecule has 1 heterocycles. The standard InChI is InChI=1S/C12H12BrFN4O2/c1-5(19)18-9(10(18)11(20)17-12(15)16)6-2-3-8(14)7(13)4-6/h2-4,9-10H,1H3,(H4,15,16,17,20). The molecule has 2 rings (SSSR count). The van der Waals surface area contributed by atoms with Gasteiger partial charge in [0.15, 0.2) is 5.96 Å². The zero-order valence-electron chi connectivity index (χ0n) is 10.5. The summed E-state index contributed by atoms with van der Waals surface area (Å²) >= 11 is 3.07. The molecular weight excluding hydrogens is 331 g/mol. The van der Waals surface area contributed by atoms with E-state index in [0.29, 0.717) is 5.56 Å². The molecular formula is C12H12BrFN4O2. The molecule has 1 fully saturated rings. The Kier molecular flexibility index (Phi) is 3.76. The second kappa shape index (κ2) is 5.20. The van der Waals surface area contributed by atoms with Gasteiger partial charge in [0.25, 0.3) is 5.91 Å². The largest absolute Gasteiger partial charge is 0.370 e. The highest BCUT2D eigenvalue weighted by Crippen LogP contribution is 2.44. The highest BCUT2D eigenvalue weighted by Gasteiger charge is 2.55. The lowest BCUT2D eigenvalue weighted by Crippen LogP contribution is -2.26. The maximum absolute atomic E-state index is 13.2. The van der Waals surface area contributed by atoms with E-state index in [2.05, 4.69) is 20.9 Å². The van der Waals surface area contributed by atoms with Crippen molar-refractivity contribution in [3.63, 3.8) is 0 Å². The summed E-state index contributed by atoms with van der Waals surface area (Å²) in [6.45, 7) is 1.34. The number of amides is 2. The zero-order chi connectivity index (χ0) is 15.0. The van der Waals surface area contributed by atoms with Crippen LogP contribution in [0, 0.1) is 5.82 Å². The molecule has 20 heavy (non-hydrogen) atoms. The number of nitrogens with zero attached hydrogens (tertiary/aromatic N) is 2. The van der Waals surface area contributed by atoms with Gasteiger partial charge in [0.05, 0.1) is 10.5 Å². The number of carbonyl (C=O) groups excluding carboxylic acids is 2. The van der Waals surface area contributed by atoms with Gasteiger partial charge < -0.3 is 16.4 Å². The van der Waals surface area contributed by atoms with Crippen LogP contribution in [-0.4, -0.2) is 28.7 Å². The van der Waals surface area contributed by atoms with Crippen molar-refractivity contribution in [3.8, 4) is 0 Å². The van der Waals surface area contributed by atoms with Crippen molar-refractivity contribution >= 4 is 33.7 Å². The Morgan fingerprint density at radius 2 is 2.05 bits per heavy atom. The number of guanidine groups is 1. The van der Waals surface area contributed by atoms with Crippen LogP contribution in [0.5, 0.6) is 0 Å². The summed E-state index contributed by atoms with van der Waals surface area (Å²) in [6.07, 6.45) is 0. The minimum absolute atomic E-state index is 0.262. The first-order valence-electron chi connectivity index (χ1n) is 5.70. The van der Waals surface area contributed by atoms with Crippen LogP contribution in [0.15, 0.2) is 27.7 Å². The first kappa shape index (κ1) is 14.4. The van der Waals surface area contributed by atoms with Gasteiger partial charge >= 0.3 is 0 Å². The fourth-order valence-electron chi connectivity index (χ4n) is 2.11. The number of hydrogen-bond donors (Lipinski definition) is 2. The SMILES string of the molecule is CC(=O)N1C(C(=O)N=C(N)N)C1c1ccc(F)c(Br)c1. The molecule has 2 unspecified atom stereocenters. The highest BCUT2D eigenvalue weighted by molar-refractivity contribution is 9.10. The van der Waals surface area contributed by atoms with E-state index in [-0.39, 0.29) is 16.3 Å². The number of benzene rings is 1. The lowest BCUT2D eigenvalue weighted by atomic mass is 10.1. The summed E-state index contributed by atoms with van der Waals surface area (Å²) in [5.74, 6) is -1.65. The molecule has 1 saturated heterocycles. The van der Waals surface area contributed by atoms with E-state index in [1.165, 1.54) is 30.0 Å². The summed E-state index contributed by atoms with van der Waals surface area (Å²) in [7, 11) is 0. The molecule has 4 N–H and O–H groups in total. The molecule has 1 aliphatic rings. The van der Waals surface area contributed by atoms with Crippen LogP contribution in [0.25, 0.3) is 0 Å². The molecule has 0 bridgehead atoms. The van der Waals surface area contributed by atoms with E-state index in [1.54, 1.807) is 0 Å². The van der Waals surface area contributed by atoms with Crippen LogP contribution >= 0.6 is 15.9 Å². The summed E-state index contributed by atoms with van der Waals surface area (Å²) in [5.41, 5.74) is 10.9. The van der Waals surface area contributed by atoms with E-state index in [4.69, 9.17) is 11.5 Å². The quantitative estimate of drug-likeness (QED) is 0.468. The predicted molar refractivity (Wildman–Crippen MR) is 74.0 cm³/mol. The third-order valence-corrected chi connectivity index (χ3v) is 3.56. The highest BCUT2D eigenvalue weighted by atomic mass is 79.9. The molecule has 0 aliphatic carbocycles. The van der Waals surface area contributed by atoms with Gasteiger partial charge in [-0.2, -0.15) is 4.99 Å². The number of aliphatic imine (C=N–C) groups is 1. The van der Waals surface area contributed by atoms with Gasteiger partial charge in [-0.15, -0.1) is 0 Å². The summed E-state index contributed by atoms with van der Waals surface area (Å²) in [6, 6.07) is 3.09. The van der Waals surface area contributed by atoms with Gasteiger partial charge in [-0.1, -0.05) is 6.07 Å². The van der Waals surface area contributed by atoms with Gasteiger partial charge in [-0.25, -0.2) is 4.39 Å². The van der Waals surface area contributed by atoms with Crippen molar-refractivity contribution in [2.24, 2.45) is 16.5 Å². The normalized spacial score (nSPS) is 20.4. The van der Waals surface area contributed by atoms with E-state index in [0.717, 1.165) is 0 Å². The molecule has 106 valence electrons. The van der Waals surface area contributed by atoms with Crippen LogP contribution in [0.4, 0.5) is 4.39 Å². The smallest absolute Gasteiger partial charge is 0.274 e. The van der Waals surface area contributed by atoms with Gasteiger partial charge in [0.2, 0.25) is 5.91 Å². The minimum Gasteiger partial charge on any atom is -0.370 e. The molecule has 1 aliphatic heterocycles. The molecule has 2 amide bonds. The molecule has 0 spiro atoms. The Labute approximate surface area is 122 Å². The van der Waals surface area contributed by atoms with E-state index < -0.39 is 23.8 Å². The van der Waals surface area contributed by atoms with Crippen molar-refractivity contribution in [1.82, 2.24) is 4.90 Å². The summed E-state index contributed by atoms with van der Waals surface area (Å²) in [5, 5.41) is 0. The molecule has 0 saturated carbocycles. The predicted octanol–water partition coefficient (Wildman–Crippen LogP) is 0.660. The molecule has 0 radical (unpaired) electrons. The number of nitrogens with two attached hydrogens (primary N) is 2. The average molecular weight is 343 g/mol. The van der Waals surface area contributed by atoms with Crippen LogP contribution < -0.4 is 11.5 Å². The first-order chi connectivity index (χ1) is 9.32. The summed E-state index contributed by atoms with van der Waals surface area (Å²) in [4.78, 5) is 28.1. The number of hydrogen-bond acceptors (Lipinski definition) is 2. The number of halogens is 2. The van der Waals surface area contributed by atoms with Crippen molar-refractivity contribution in [1.29, 1.82) is 0 Å². The van der Waals surface area contributed by atoms with Crippen molar-refractivity contribution in [2.45, 2.75) is 19.0 Å². The molecule has 0 aromatic heterocycles. The Morgan fingerprint density at radius 1 is 1.40 bits per heavy atom. The Morgan fingerprint density at radius 3 is 2.55 bits per heavy atom. The van der Waals surface area contributed by atoms with E-state index in [9.17, 15) is 14.0 Å². The van der Waals surface area contributed by atoms with E-state index in [1.807, 2.05) is 0 Å². The monoisotopic (exact) mass is 342 g/mol. The number of rotatable bonds is 2. The lowest BCUT2D eigenvalue weighted by molar-refractivity contribution is -0.127. The van der Waals surface area contributed by atoms with Gasteiger partial charge in [-0.05, 0) is 33.6 Å². The second-order valence-electron chi connectivity index (χ2n) is 4.36. The maximum Gasteiger partial charge on any atom is 0.274 e. The maximum atomic E-state index is 13.2. The van der Waals surface area contributed by atoms with Gasteiger partial charge in [0.1, 0.15) is 11.9 Å². The lowest BCUT2D eigenvalue weighted by Gasteiger charge is -2.01. The first-order valence-corrected chi connectivity index (χ1v) is 6.49. The fraction of sp³-hybridized carbons (Fsp3) is 0.250. The molecule has 6 nitrogen and oxygen atoms in total. The number of carbonyl (C=O) groups is 2. The fourth-order valence-corrected chi connectivity index (χ4v) is 2.51. The van der Waals surface area contributed by atoms with Gasteiger partial charge in [-0.3, -0.25) is 9.59 Å². The Hall–Kier alpha value is -1.96. The minimum atomic E-state index is -0.744. The zero-order valence-corrected chi connectivity index (χ0v) is 12.1. The van der Waals surface area contributed by atoms with Crippen LogP contribution in [-0.2, 0) is 9.59 Å². The summed E-state index contributed by atoms with van der Waals surface area (Å²) < 4.78 is 13.5. The third-order valence-electron chi connectivity index (χ3n) is 2.95. The van der Waals surface area contributed by atoms with Crippen LogP contribution in [0.2, 0.25) is 0 Å². The molecule has 1 aromatic carbocycles.